The number of thioether (sulfide) groups is 1. The lowest BCUT2D eigenvalue weighted by Crippen LogP contribution is -1.99. The Bertz CT molecular complexity index is 487. The van der Waals surface area contributed by atoms with Crippen LogP contribution in [0.4, 0.5) is 5.69 Å². The van der Waals surface area contributed by atoms with Crippen molar-refractivity contribution in [2.75, 3.05) is 5.32 Å². The molecule has 4 heteroatoms. The minimum absolute atomic E-state index is 0.804. The molecule has 0 saturated heterocycles. The van der Waals surface area contributed by atoms with Crippen LogP contribution >= 0.6 is 23.1 Å². The zero-order valence-corrected chi connectivity index (χ0v) is 12.5. The van der Waals surface area contributed by atoms with E-state index in [1.165, 1.54) is 36.3 Å². The molecule has 1 aromatic heterocycles. The third kappa shape index (κ3) is 3.74. The van der Waals surface area contributed by atoms with E-state index in [4.69, 9.17) is 0 Å². The van der Waals surface area contributed by atoms with Gasteiger partial charge >= 0.3 is 0 Å². The number of aromatic nitrogens is 1. The average molecular weight is 290 g/mol. The van der Waals surface area contributed by atoms with Crippen molar-refractivity contribution in [3.05, 3.63) is 40.8 Å². The predicted molar refractivity (Wildman–Crippen MR) is 84.0 cm³/mol. The monoisotopic (exact) mass is 290 g/mol. The molecule has 1 heterocycles. The van der Waals surface area contributed by atoms with Crippen molar-refractivity contribution in [3.63, 3.8) is 0 Å². The van der Waals surface area contributed by atoms with E-state index in [1.54, 1.807) is 11.3 Å². The summed E-state index contributed by atoms with van der Waals surface area (Å²) >= 11 is 3.68. The molecule has 2 aromatic rings. The summed E-state index contributed by atoms with van der Waals surface area (Å²) < 4.78 is 0. The Hall–Kier alpha value is -1.00. The standard InChI is InChI=1S/C15H18N2S2/c1-2-4-14(3-1)19-15-7-5-12(6-8-15)16-9-13-10-18-11-17-13/h5-8,10-11,14,16H,1-4,9H2. The maximum atomic E-state index is 4.27. The van der Waals surface area contributed by atoms with Crippen molar-refractivity contribution < 1.29 is 0 Å². The first-order chi connectivity index (χ1) is 9.40. The fourth-order valence-corrected chi connectivity index (χ4v) is 4.17. The Kier molecular flexibility index (Phi) is 4.41. The summed E-state index contributed by atoms with van der Waals surface area (Å²) in [6, 6.07) is 8.80. The van der Waals surface area contributed by atoms with Gasteiger partial charge in [-0.2, -0.15) is 0 Å². The van der Waals surface area contributed by atoms with Crippen LogP contribution in [-0.2, 0) is 6.54 Å². The second kappa shape index (κ2) is 6.44. The number of benzene rings is 1. The largest absolute Gasteiger partial charge is 0.379 e. The Morgan fingerprint density at radius 3 is 2.68 bits per heavy atom. The van der Waals surface area contributed by atoms with E-state index in [0.29, 0.717) is 0 Å². The number of hydrogen-bond donors (Lipinski definition) is 1. The van der Waals surface area contributed by atoms with Crippen molar-refractivity contribution in [2.45, 2.75) is 42.4 Å². The Labute approximate surface area is 122 Å². The van der Waals surface area contributed by atoms with E-state index in [0.717, 1.165) is 17.5 Å². The first-order valence-electron chi connectivity index (χ1n) is 6.78. The summed E-state index contributed by atoms with van der Waals surface area (Å²) in [4.78, 5) is 5.66. The number of nitrogens with one attached hydrogen (secondary N) is 1. The lowest BCUT2D eigenvalue weighted by Gasteiger charge is -2.10. The van der Waals surface area contributed by atoms with Gasteiger partial charge in [0.1, 0.15) is 0 Å². The summed E-state index contributed by atoms with van der Waals surface area (Å²) in [6.07, 6.45) is 5.58. The molecule has 0 radical (unpaired) electrons. The fraction of sp³-hybridized carbons (Fsp3) is 0.400. The average Bonchev–Trinajstić information content (AvgIpc) is 3.11. The zero-order chi connectivity index (χ0) is 12.9. The highest BCUT2D eigenvalue weighted by atomic mass is 32.2. The van der Waals surface area contributed by atoms with Crippen LogP contribution in [0.2, 0.25) is 0 Å². The van der Waals surface area contributed by atoms with E-state index < -0.39 is 0 Å². The van der Waals surface area contributed by atoms with E-state index in [-0.39, 0.29) is 0 Å². The number of nitrogens with zero attached hydrogens (tertiary/aromatic N) is 1. The van der Waals surface area contributed by atoms with Crippen LogP contribution in [0.1, 0.15) is 31.4 Å². The first kappa shape index (κ1) is 13.0. The van der Waals surface area contributed by atoms with Crippen molar-refractivity contribution >= 4 is 28.8 Å². The van der Waals surface area contributed by atoms with Gasteiger partial charge < -0.3 is 5.32 Å². The summed E-state index contributed by atoms with van der Waals surface area (Å²) in [5.74, 6) is 0. The van der Waals surface area contributed by atoms with Crippen molar-refractivity contribution in [1.29, 1.82) is 0 Å². The molecule has 0 spiro atoms. The highest BCUT2D eigenvalue weighted by Crippen LogP contribution is 2.34. The minimum atomic E-state index is 0.804. The van der Waals surface area contributed by atoms with Crippen LogP contribution in [-0.4, -0.2) is 10.2 Å². The summed E-state index contributed by atoms with van der Waals surface area (Å²) in [5, 5.41) is 6.32. The van der Waals surface area contributed by atoms with Crippen molar-refractivity contribution in [2.24, 2.45) is 0 Å². The number of hydrogen-bond acceptors (Lipinski definition) is 4. The molecule has 1 fully saturated rings. The van der Waals surface area contributed by atoms with Gasteiger partial charge in [-0.3, -0.25) is 0 Å². The highest BCUT2D eigenvalue weighted by molar-refractivity contribution is 8.00. The molecule has 0 bridgehead atoms. The maximum Gasteiger partial charge on any atom is 0.0795 e. The zero-order valence-electron chi connectivity index (χ0n) is 10.8. The molecule has 1 saturated carbocycles. The summed E-state index contributed by atoms with van der Waals surface area (Å²) in [6.45, 7) is 0.804. The Balaban J connectivity index is 1.53. The lowest BCUT2D eigenvalue weighted by atomic mass is 10.3. The van der Waals surface area contributed by atoms with Crippen LogP contribution in [0.3, 0.4) is 0 Å². The second-order valence-corrected chi connectivity index (χ2v) is 6.97. The molecular weight excluding hydrogens is 272 g/mol. The molecule has 1 N–H and O–H groups in total. The van der Waals surface area contributed by atoms with Gasteiger partial charge in [-0.05, 0) is 37.1 Å². The van der Waals surface area contributed by atoms with Gasteiger partial charge in [0.15, 0.2) is 0 Å². The summed E-state index contributed by atoms with van der Waals surface area (Å²) in [5.41, 5.74) is 4.15. The van der Waals surface area contributed by atoms with E-state index >= 15 is 0 Å². The second-order valence-electron chi connectivity index (χ2n) is 4.88. The minimum Gasteiger partial charge on any atom is -0.379 e. The smallest absolute Gasteiger partial charge is 0.0795 e. The molecule has 19 heavy (non-hydrogen) atoms. The molecule has 1 aromatic carbocycles. The lowest BCUT2D eigenvalue weighted by molar-refractivity contribution is 0.886. The topological polar surface area (TPSA) is 24.9 Å². The quantitative estimate of drug-likeness (QED) is 0.857. The Morgan fingerprint density at radius 2 is 2.00 bits per heavy atom. The number of thiazole rings is 1. The Morgan fingerprint density at radius 1 is 1.21 bits per heavy atom. The molecule has 3 rings (SSSR count). The van der Waals surface area contributed by atoms with Crippen LogP contribution in [0.5, 0.6) is 0 Å². The normalized spacial score (nSPS) is 15.8. The van der Waals surface area contributed by atoms with Gasteiger partial charge in [-0.25, -0.2) is 4.98 Å². The van der Waals surface area contributed by atoms with Crippen LogP contribution in [0.15, 0.2) is 40.1 Å². The molecule has 1 aliphatic carbocycles. The SMILES string of the molecule is c1nc(CNc2ccc(SC3CCCC3)cc2)cs1. The maximum absolute atomic E-state index is 4.27. The summed E-state index contributed by atoms with van der Waals surface area (Å²) in [7, 11) is 0. The van der Waals surface area contributed by atoms with Crippen molar-refractivity contribution in [3.8, 4) is 0 Å². The van der Waals surface area contributed by atoms with E-state index in [9.17, 15) is 0 Å². The van der Waals surface area contributed by atoms with Gasteiger partial charge in [-0.15, -0.1) is 23.1 Å². The van der Waals surface area contributed by atoms with Gasteiger partial charge in [-0.1, -0.05) is 12.8 Å². The van der Waals surface area contributed by atoms with Gasteiger partial charge in [0.05, 0.1) is 17.7 Å². The van der Waals surface area contributed by atoms with Crippen LogP contribution in [0.25, 0.3) is 0 Å². The molecule has 0 aliphatic heterocycles. The van der Waals surface area contributed by atoms with E-state index in [2.05, 4.69) is 39.9 Å². The number of rotatable bonds is 5. The molecule has 2 nitrogen and oxygen atoms in total. The number of anilines is 1. The highest BCUT2D eigenvalue weighted by Gasteiger charge is 2.15. The predicted octanol–water partition coefficient (Wildman–Crippen LogP) is 4.79. The van der Waals surface area contributed by atoms with E-state index in [1.807, 2.05) is 17.3 Å². The first-order valence-corrected chi connectivity index (χ1v) is 8.60. The molecule has 0 atom stereocenters. The van der Waals surface area contributed by atoms with Gasteiger partial charge in [0, 0.05) is 21.2 Å². The molecule has 0 amide bonds. The molecule has 1 aliphatic rings. The fourth-order valence-electron chi connectivity index (χ4n) is 2.37. The van der Waals surface area contributed by atoms with Crippen LogP contribution in [0, 0.1) is 0 Å². The van der Waals surface area contributed by atoms with Crippen molar-refractivity contribution in [1.82, 2.24) is 4.98 Å². The third-order valence-electron chi connectivity index (χ3n) is 3.42. The molecule has 0 unspecified atom stereocenters. The van der Waals surface area contributed by atoms with Gasteiger partial charge in [0.25, 0.3) is 0 Å². The third-order valence-corrected chi connectivity index (χ3v) is 5.40. The van der Waals surface area contributed by atoms with Gasteiger partial charge in [0.2, 0.25) is 0 Å². The molecular formula is C15H18N2S2. The molecule has 100 valence electrons. The van der Waals surface area contributed by atoms with Crippen LogP contribution < -0.4 is 5.32 Å².